The van der Waals surface area contributed by atoms with Gasteiger partial charge in [-0.25, -0.2) is 0 Å². The summed E-state index contributed by atoms with van der Waals surface area (Å²) in [5.41, 5.74) is 3.28. The number of rotatable bonds is 9. The minimum atomic E-state index is -0.658. The molecule has 0 bridgehead atoms. The normalized spacial score (nSPS) is 12.5. The fraction of sp³-hybridized carbons (Fsp3) is 0.259. The van der Waals surface area contributed by atoms with Gasteiger partial charge in [-0.05, 0) is 60.7 Å². The van der Waals surface area contributed by atoms with Gasteiger partial charge in [-0.2, -0.15) is 0 Å². The number of carbonyl (C=O) groups excluding carboxylic acids is 2. The smallest absolute Gasteiger partial charge is 0.265 e. The molecular weight excluding hydrogens is 400 g/mol. The quantitative estimate of drug-likeness (QED) is 0.469. The highest BCUT2D eigenvalue weighted by molar-refractivity contribution is 5.96. The average Bonchev–Trinajstić information content (AvgIpc) is 2.83. The van der Waals surface area contributed by atoms with Crippen LogP contribution in [0.1, 0.15) is 54.6 Å². The molecule has 3 aromatic carbocycles. The summed E-state index contributed by atoms with van der Waals surface area (Å²) in [5, 5.41) is 5.75. The Labute approximate surface area is 189 Å². The average molecular weight is 431 g/mol. The number of benzene rings is 3. The second kappa shape index (κ2) is 11.1. The van der Waals surface area contributed by atoms with Crippen molar-refractivity contribution < 1.29 is 14.3 Å². The summed E-state index contributed by atoms with van der Waals surface area (Å²) in [6.45, 7) is 6.47. The molecule has 0 fully saturated rings. The first-order valence-electron chi connectivity index (χ1n) is 11.0. The minimum absolute atomic E-state index is 0.162. The fourth-order valence-electron chi connectivity index (χ4n) is 3.29. The molecule has 0 aliphatic heterocycles. The molecule has 2 atom stereocenters. The number of hydrogen-bond donors (Lipinski definition) is 2. The Morgan fingerprint density at radius 2 is 1.53 bits per heavy atom. The lowest BCUT2D eigenvalue weighted by molar-refractivity contribution is -0.122. The zero-order valence-corrected chi connectivity index (χ0v) is 18.8. The van der Waals surface area contributed by atoms with E-state index in [-0.39, 0.29) is 11.8 Å². The van der Waals surface area contributed by atoms with Gasteiger partial charge >= 0.3 is 0 Å². The van der Waals surface area contributed by atoms with E-state index in [2.05, 4.69) is 24.5 Å². The predicted octanol–water partition coefficient (Wildman–Crippen LogP) is 5.54. The van der Waals surface area contributed by atoms with Crippen molar-refractivity contribution in [2.24, 2.45) is 0 Å². The van der Waals surface area contributed by atoms with E-state index in [0.717, 1.165) is 23.3 Å². The third-order valence-electron chi connectivity index (χ3n) is 5.45. The SMILES string of the molecule is CCC(C)c1ccccc1OC(C)C(=O)Nc1ccc(C(=O)NCc2ccccc2)cc1. The molecule has 0 aliphatic carbocycles. The molecule has 2 amide bonds. The zero-order chi connectivity index (χ0) is 22.9. The summed E-state index contributed by atoms with van der Waals surface area (Å²) in [6, 6.07) is 24.4. The number of anilines is 1. The van der Waals surface area contributed by atoms with E-state index in [1.54, 1.807) is 31.2 Å². The number of carbonyl (C=O) groups is 2. The van der Waals surface area contributed by atoms with Gasteiger partial charge in [0.05, 0.1) is 0 Å². The fourth-order valence-corrected chi connectivity index (χ4v) is 3.29. The van der Waals surface area contributed by atoms with Crippen LogP contribution in [0.3, 0.4) is 0 Å². The van der Waals surface area contributed by atoms with Crippen LogP contribution >= 0.6 is 0 Å². The molecule has 3 rings (SSSR count). The van der Waals surface area contributed by atoms with Gasteiger partial charge in [-0.15, -0.1) is 0 Å². The zero-order valence-electron chi connectivity index (χ0n) is 18.8. The van der Waals surface area contributed by atoms with Crippen LogP contribution in [0, 0.1) is 0 Å². The van der Waals surface area contributed by atoms with Gasteiger partial charge in [0.15, 0.2) is 6.10 Å². The van der Waals surface area contributed by atoms with Crippen molar-refractivity contribution in [3.63, 3.8) is 0 Å². The van der Waals surface area contributed by atoms with Crippen LogP contribution in [0.25, 0.3) is 0 Å². The number of nitrogens with one attached hydrogen (secondary N) is 2. The van der Waals surface area contributed by atoms with Crippen molar-refractivity contribution in [1.82, 2.24) is 5.32 Å². The van der Waals surface area contributed by atoms with E-state index in [1.165, 1.54) is 0 Å². The summed E-state index contributed by atoms with van der Waals surface area (Å²) in [7, 11) is 0. The first-order valence-corrected chi connectivity index (χ1v) is 11.0. The maximum absolute atomic E-state index is 12.6. The molecule has 0 spiro atoms. The Morgan fingerprint density at radius 1 is 0.875 bits per heavy atom. The third-order valence-corrected chi connectivity index (χ3v) is 5.45. The van der Waals surface area contributed by atoms with E-state index in [0.29, 0.717) is 23.7 Å². The van der Waals surface area contributed by atoms with Crippen LogP contribution < -0.4 is 15.4 Å². The van der Waals surface area contributed by atoms with Crippen molar-refractivity contribution in [3.8, 4) is 5.75 Å². The summed E-state index contributed by atoms with van der Waals surface area (Å²) < 4.78 is 5.96. The van der Waals surface area contributed by atoms with Crippen molar-refractivity contribution in [2.45, 2.75) is 45.8 Å². The van der Waals surface area contributed by atoms with Gasteiger partial charge in [-0.3, -0.25) is 9.59 Å². The summed E-state index contributed by atoms with van der Waals surface area (Å²) in [6.07, 6.45) is 0.334. The first-order chi connectivity index (χ1) is 15.5. The maximum Gasteiger partial charge on any atom is 0.265 e. The summed E-state index contributed by atoms with van der Waals surface area (Å²) >= 11 is 0. The molecule has 5 nitrogen and oxygen atoms in total. The highest BCUT2D eigenvalue weighted by Gasteiger charge is 2.18. The van der Waals surface area contributed by atoms with Crippen LogP contribution in [-0.2, 0) is 11.3 Å². The lowest BCUT2D eigenvalue weighted by Crippen LogP contribution is -2.30. The van der Waals surface area contributed by atoms with Crippen LogP contribution in [0.15, 0.2) is 78.9 Å². The van der Waals surface area contributed by atoms with Crippen molar-refractivity contribution in [3.05, 3.63) is 95.6 Å². The van der Waals surface area contributed by atoms with E-state index < -0.39 is 6.10 Å². The minimum Gasteiger partial charge on any atom is -0.481 e. The summed E-state index contributed by atoms with van der Waals surface area (Å²) in [4.78, 5) is 25.0. The van der Waals surface area contributed by atoms with Crippen LogP contribution in [0.5, 0.6) is 5.75 Å². The molecular formula is C27H30N2O3. The molecule has 5 heteroatoms. The molecule has 166 valence electrons. The third kappa shape index (κ3) is 6.20. The maximum atomic E-state index is 12.6. The van der Waals surface area contributed by atoms with E-state index >= 15 is 0 Å². The van der Waals surface area contributed by atoms with Gasteiger partial charge in [0.25, 0.3) is 11.8 Å². The van der Waals surface area contributed by atoms with Crippen LogP contribution in [-0.4, -0.2) is 17.9 Å². The largest absolute Gasteiger partial charge is 0.481 e. The first kappa shape index (κ1) is 23.1. The number of ether oxygens (including phenoxy) is 1. The van der Waals surface area contributed by atoms with Gasteiger partial charge in [0.2, 0.25) is 0 Å². The van der Waals surface area contributed by atoms with Crippen LogP contribution in [0.2, 0.25) is 0 Å². The standard InChI is InChI=1S/C27H30N2O3/c1-4-19(2)24-12-8-9-13-25(24)32-20(3)26(30)29-23-16-14-22(15-17-23)27(31)28-18-21-10-6-5-7-11-21/h5-17,19-20H,4,18H2,1-3H3,(H,28,31)(H,29,30). The number of amides is 2. The highest BCUT2D eigenvalue weighted by Crippen LogP contribution is 2.29. The van der Waals surface area contributed by atoms with Gasteiger partial charge < -0.3 is 15.4 Å². The van der Waals surface area contributed by atoms with Crippen molar-refractivity contribution in [1.29, 1.82) is 0 Å². The highest BCUT2D eigenvalue weighted by atomic mass is 16.5. The van der Waals surface area contributed by atoms with Crippen molar-refractivity contribution >= 4 is 17.5 Å². The van der Waals surface area contributed by atoms with E-state index in [9.17, 15) is 9.59 Å². The van der Waals surface area contributed by atoms with Gasteiger partial charge in [0, 0.05) is 17.8 Å². The topological polar surface area (TPSA) is 67.4 Å². The Kier molecular flexibility index (Phi) is 8.03. The Bertz CT molecular complexity index is 1030. The van der Waals surface area contributed by atoms with E-state index in [1.807, 2.05) is 54.6 Å². The number of hydrogen-bond acceptors (Lipinski definition) is 3. The van der Waals surface area contributed by atoms with E-state index in [4.69, 9.17) is 4.74 Å². The lowest BCUT2D eigenvalue weighted by Gasteiger charge is -2.19. The monoisotopic (exact) mass is 430 g/mol. The summed E-state index contributed by atoms with van der Waals surface area (Å²) in [5.74, 6) is 0.673. The van der Waals surface area contributed by atoms with Crippen molar-refractivity contribution in [2.75, 3.05) is 5.32 Å². The Balaban J connectivity index is 1.56. The molecule has 0 aliphatic rings. The molecule has 32 heavy (non-hydrogen) atoms. The molecule has 0 heterocycles. The predicted molar refractivity (Wildman–Crippen MR) is 128 cm³/mol. The lowest BCUT2D eigenvalue weighted by atomic mass is 9.98. The Hall–Kier alpha value is -3.60. The molecule has 2 N–H and O–H groups in total. The molecule has 0 saturated carbocycles. The van der Waals surface area contributed by atoms with Gasteiger partial charge in [0.1, 0.15) is 5.75 Å². The molecule has 0 radical (unpaired) electrons. The Morgan fingerprint density at radius 3 is 2.22 bits per heavy atom. The second-order valence-electron chi connectivity index (χ2n) is 7.84. The second-order valence-corrected chi connectivity index (χ2v) is 7.84. The number of para-hydroxylation sites is 1. The molecule has 0 aromatic heterocycles. The molecule has 3 aromatic rings. The molecule has 0 saturated heterocycles. The molecule has 2 unspecified atom stereocenters. The van der Waals surface area contributed by atoms with Crippen LogP contribution in [0.4, 0.5) is 5.69 Å². The van der Waals surface area contributed by atoms with Gasteiger partial charge in [-0.1, -0.05) is 62.4 Å².